The van der Waals surface area contributed by atoms with Gasteiger partial charge in [0.25, 0.3) is 0 Å². The molecule has 1 aliphatic rings. The predicted octanol–water partition coefficient (Wildman–Crippen LogP) is 3.59. The number of hydrogen-bond donors (Lipinski definition) is 0. The van der Waals surface area contributed by atoms with Gasteiger partial charge in [-0.15, -0.1) is 11.8 Å². The Morgan fingerprint density at radius 1 is 1.47 bits per heavy atom. The van der Waals surface area contributed by atoms with Gasteiger partial charge in [-0.25, -0.2) is 0 Å². The van der Waals surface area contributed by atoms with E-state index in [1.54, 1.807) is 11.8 Å². The van der Waals surface area contributed by atoms with E-state index in [0.29, 0.717) is 12.0 Å². The molecule has 2 nitrogen and oxygen atoms in total. The molecule has 1 fully saturated rings. The van der Waals surface area contributed by atoms with Gasteiger partial charge in [-0.05, 0) is 26.2 Å². The fourth-order valence-corrected chi connectivity index (χ4v) is 3.64. The van der Waals surface area contributed by atoms with Gasteiger partial charge in [0.05, 0.1) is 10.6 Å². The van der Waals surface area contributed by atoms with Crippen LogP contribution in [0.4, 0.5) is 0 Å². The second-order valence-electron chi connectivity index (χ2n) is 4.95. The van der Waals surface area contributed by atoms with Gasteiger partial charge >= 0.3 is 0 Å². The van der Waals surface area contributed by atoms with Crippen molar-refractivity contribution in [2.75, 3.05) is 12.3 Å². The lowest BCUT2D eigenvalue weighted by atomic mass is 10.0. The Morgan fingerprint density at radius 2 is 2.12 bits per heavy atom. The van der Waals surface area contributed by atoms with Crippen molar-refractivity contribution in [3.63, 3.8) is 0 Å². The van der Waals surface area contributed by atoms with E-state index in [-0.39, 0.29) is 0 Å². The predicted molar refractivity (Wildman–Crippen MR) is 79.0 cm³/mol. The lowest BCUT2D eigenvalue weighted by molar-refractivity contribution is 0.331. The van der Waals surface area contributed by atoms with Crippen LogP contribution < -0.4 is 0 Å². The molecular weight excluding hydrogens is 248 g/mol. The number of rotatable bonds is 4. The summed E-state index contributed by atoms with van der Waals surface area (Å²) in [5.41, 5.74) is 0.727. The van der Waals surface area contributed by atoms with Crippen molar-refractivity contribution >= 4 is 28.8 Å². The van der Waals surface area contributed by atoms with Crippen LogP contribution in [0.5, 0.6) is 0 Å². The fourth-order valence-electron chi connectivity index (χ4n) is 1.84. The summed E-state index contributed by atoms with van der Waals surface area (Å²) in [5.74, 6) is 1.56. The normalized spacial score (nSPS) is 18.8. The molecule has 17 heavy (non-hydrogen) atoms. The number of thiocarbonyl (C=S) groups is 1. The molecule has 4 heteroatoms. The maximum atomic E-state index is 9.33. The highest BCUT2D eigenvalue weighted by Gasteiger charge is 2.25. The van der Waals surface area contributed by atoms with Crippen LogP contribution >= 0.6 is 24.0 Å². The molecular formula is C13H20N2S2. The van der Waals surface area contributed by atoms with E-state index in [2.05, 4.69) is 38.7 Å². The maximum absolute atomic E-state index is 9.33. The first-order valence-corrected chi connectivity index (χ1v) is 7.43. The molecule has 1 aliphatic heterocycles. The number of allylic oxidation sites excluding steroid dienone is 1. The van der Waals surface area contributed by atoms with Gasteiger partial charge < -0.3 is 4.90 Å². The maximum Gasteiger partial charge on any atom is 0.103 e. The van der Waals surface area contributed by atoms with E-state index < -0.39 is 0 Å². The molecule has 0 radical (unpaired) electrons. The molecule has 1 heterocycles. The highest BCUT2D eigenvalue weighted by Crippen LogP contribution is 2.33. The van der Waals surface area contributed by atoms with Crippen molar-refractivity contribution in [3.8, 4) is 6.07 Å². The lowest BCUT2D eigenvalue weighted by Crippen LogP contribution is -2.27. The second-order valence-corrected chi connectivity index (χ2v) is 6.53. The molecule has 0 unspecified atom stereocenters. The zero-order valence-electron chi connectivity index (χ0n) is 11.0. The lowest BCUT2D eigenvalue weighted by Gasteiger charge is -2.24. The topological polar surface area (TPSA) is 27.0 Å². The van der Waals surface area contributed by atoms with Crippen molar-refractivity contribution in [1.29, 1.82) is 5.26 Å². The molecule has 0 aromatic rings. The first-order valence-electron chi connectivity index (χ1n) is 6.04. The summed E-state index contributed by atoms with van der Waals surface area (Å²) in [6, 6.07) is 2.75. The monoisotopic (exact) mass is 268 g/mol. The summed E-state index contributed by atoms with van der Waals surface area (Å²) < 4.78 is 0. The average molecular weight is 268 g/mol. The molecule has 1 saturated heterocycles. The molecule has 0 N–H and O–H groups in total. The smallest absolute Gasteiger partial charge is 0.103 e. The van der Waals surface area contributed by atoms with E-state index in [9.17, 15) is 5.26 Å². The molecule has 0 aromatic heterocycles. The number of nitriles is 1. The Bertz CT molecular complexity index is 364. The number of hydrogen-bond acceptors (Lipinski definition) is 4. The van der Waals surface area contributed by atoms with E-state index >= 15 is 0 Å². The van der Waals surface area contributed by atoms with Gasteiger partial charge in [-0.1, -0.05) is 26.1 Å². The molecule has 0 aromatic carbocycles. The molecule has 0 aliphatic carbocycles. The second kappa shape index (κ2) is 6.42. The Kier molecular flexibility index (Phi) is 5.48. The van der Waals surface area contributed by atoms with Gasteiger partial charge in [0.15, 0.2) is 0 Å². The summed E-state index contributed by atoms with van der Waals surface area (Å²) >= 11 is 7.17. The van der Waals surface area contributed by atoms with Crippen molar-refractivity contribution in [1.82, 2.24) is 4.90 Å². The van der Waals surface area contributed by atoms with Crippen LogP contribution in [0.2, 0.25) is 0 Å². The van der Waals surface area contributed by atoms with Crippen molar-refractivity contribution in [2.24, 2.45) is 5.92 Å². The average Bonchev–Trinajstić information content (AvgIpc) is 2.66. The van der Waals surface area contributed by atoms with Crippen LogP contribution in [0.25, 0.3) is 0 Å². The van der Waals surface area contributed by atoms with Gasteiger partial charge in [-0.3, -0.25) is 0 Å². The first-order chi connectivity index (χ1) is 7.97. The summed E-state index contributed by atoms with van der Waals surface area (Å²) in [6.45, 7) is 9.60. The van der Waals surface area contributed by atoms with E-state index in [1.807, 2.05) is 0 Å². The minimum absolute atomic E-state index is 0.435. The van der Waals surface area contributed by atoms with Crippen LogP contribution in [0, 0.1) is 17.2 Å². The van der Waals surface area contributed by atoms with E-state index in [0.717, 1.165) is 34.2 Å². The molecule has 0 atom stereocenters. The molecule has 0 amide bonds. The van der Waals surface area contributed by atoms with Crippen LogP contribution in [0.3, 0.4) is 0 Å². The Labute approximate surface area is 114 Å². The van der Waals surface area contributed by atoms with Crippen LogP contribution in [0.15, 0.2) is 10.6 Å². The quantitative estimate of drug-likeness (QED) is 0.442. The standard InChI is InChI=1S/C13H20N2S2/c1-9(2)7-12(16)11(8-14)13-15(10(3)4)5-6-17-13/h9-10H,5-7H2,1-4H3/b13-11-. The van der Waals surface area contributed by atoms with Crippen molar-refractivity contribution in [2.45, 2.75) is 40.2 Å². The third-order valence-corrected chi connectivity index (χ3v) is 4.12. The summed E-state index contributed by atoms with van der Waals surface area (Å²) in [5, 5.41) is 10.4. The van der Waals surface area contributed by atoms with E-state index in [4.69, 9.17) is 12.2 Å². The largest absolute Gasteiger partial charge is 0.362 e. The van der Waals surface area contributed by atoms with Gasteiger partial charge in [0.1, 0.15) is 6.07 Å². The third kappa shape index (κ3) is 3.72. The number of nitrogens with zero attached hydrogens (tertiary/aromatic N) is 2. The zero-order chi connectivity index (χ0) is 13.0. The highest BCUT2D eigenvalue weighted by molar-refractivity contribution is 8.03. The van der Waals surface area contributed by atoms with Crippen LogP contribution in [-0.4, -0.2) is 28.1 Å². The Hall–Kier alpha value is -0.530. The third-order valence-electron chi connectivity index (χ3n) is 2.65. The molecule has 94 valence electrons. The summed E-state index contributed by atoms with van der Waals surface area (Å²) in [7, 11) is 0. The van der Waals surface area contributed by atoms with E-state index in [1.165, 1.54) is 0 Å². The van der Waals surface area contributed by atoms with Crippen molar-refractivity contribution < 1.29 is 0 Å². The van der Waals surface area contributed by atoms with Crippen molar-refractivity contribution in [3.05, 3.63) is 10.6 Å². The molecule has 0 saturated carbocycles. The van der Waals surface area contributed by atoms with Crippen LogP contribution in [0.1, 0.15) is 34.1 Å². The minimum Gasteiger partial charge on any atom is -0.362 e. The molecule has 1 rings (SSSR count). The fraction of sp³-hybridized carbons (Fsp3) is 0.692. The highest BCUT2D eigenvalue weighted by atomic mass is 32.2. The molecule has 0 spiro atoms. The Morgan fingerprint density at radius 3 is 2.59 bits per heavy atom. The van der Waals surface area contributed by atoms with Crippen LogP contribution in [-0.2, 0) is 0 Å². The summed E-state index contributed by atoms with van der Waals surface area (Å²) in [4.78, 5) is 3.10. The number of thioether (sulfide) groups is 1. The first kappa shape index (κ1) is 14.5. The molecule has 0 bridgehead atoms. The summed E-state index contributed by atoms with van der Waals surface area (Å²) in [6.07, 6.45) is 0.828. The van der Waals surface area contributed by atoms with Gasteiger partial charge in [0.2, 0.25) is 0 Å². The zero-order valence-corrected chi connectivity index (χ0v) is 12.6. The minimum atomic E-state index is 0.435. The van der Waals surface area contributed by atoms with Gasteiger partial charge in [-0.2, -0.15) is 5.26 Å². The Balaban J connectivity index is 2.98. The van der Waals surface area contributed by atoms with Gasteiger partial charge in [0, 0.05) is 23.2 Å². The SMILES string of the molecule is CC(C)CC(=S)/C(C#N)=C1\SCCN1C(C)C.